The van der Waals surface area contributed by atoms with Gasteiger partial charge in [0.15, 0.2) is 9.84 Å². The van der Waals surface area contributed by atoms with Gasteiger partial charge >= 0.3 is 0 Å². The van der Waals surface area contributed by atoms with Crippen LogP contribution in [-0.4, -0.2) is 20.9 Å². The lowest BCUT2D eigenvalue weighted by Crippen LogP contribution is -2.25. The van der Waals surface area contributed by atoms with Crippen LogP contribution in [0, 0.1) is 13.8 Å². The molecule has 150 valence electrons. The molecular formula is C22H20BrNO3S2. The molecule has 0 radical (unpaired) electrons. The molecule has 0 bridgehead atoms. The first kappa shape index (κ1) is 20.3. The Hall–Kier alpha value is -1.96. The quantitative estimate of drug-likeness (QED) is 0.557. The lowest BCUT2D eigenvalue weighted by atomic mass is 10.0. The van der Waals surface area contributed by atoms with Gasteiger partial charge in [-0.2, -0.15) is 0 Å². The molecule has 0 saturated carbocycles. The van der Waals surface area contributed by atoms with Crippen molar-refractivity contribution >= 4 is 43.0 Å². The highest BCUT2D eigenvalue weighted by atomic mass is 79.9. The Morgan fingerprint density at radius 3 is 2.72 bits per heavy atom. The zero-order chi connectivity index (χ0) is 20.8. The van der Waals surface area contributed by atoms with Crippen molar-refractivity contribution in [3.05, 3.63) is 74.1 Å². The van der Waals surface area contributed by atoms with Crippen LogP contribution in [0.2, 0.25) is 0 Å². The van der Waals surface area contributed by atoms with E-state index in [2.05, 4.69) is 53.3 Å². The van der Waals surface area contributed by atoms with Crippen molar-refractivity contribution in [1.82, 2.24) is 5.32 Å². The predicted molar refractivity (Wildman–Crippen MR) is 120 cm³/mol. The Kier molecular flexibility index (Phi) is 5.40. The average Bonchev–Trinajstić information content (AvgIpc) is 3.07. The third kappa shape index (κ3) is 4.04. The first-order valence-electron chi connectivity index (χ1n) is 9.24. The van der Waals surface area contributed by atoms with Crippen LogP contribution in [0.25, 0.3) is 10.4 Å². The zero-order valence-corrected chi connectivity index (χ0v) is 19.3. The first-order valence-corrected chi connectivity index (χ1v) is 12.5. The van der Waals surface area contributed by atoms with E-state index < -0.39 is 9.84 Å². The number of carbonyl (C=O) groups is 1. The highest BCUT2D eigenvalue weighted by Gasteiger charge is 2.31. The van der Waals surface area contributed by atoms with Gasteiger partial charge in [0.2, 0.25) is 0 Å². The van der Waals surface area contributed by atoms with Crippen LogP contribution in [0.5, 0.6) is 0 Å². The number of rotatable bonds is 4. The largest absolute Gasteiger partial charge is 0.351 e. The normalized spacial score (nSPS) is 14.2. The number of fused-ring (bicyclic) bond motifs is 3. The molecule has 1 aromatic heterocycles. The summed E-state index contributed by atoms with van der Waals surface area (Å²) < 4.78 is 26.0. The van der Waals surface area contributed by atoms with Crippen LogP contribution < -0.4 is 5.32 Å². The van der Waals surface area contributed by atoms with Crippen LogP contribution in [0.3, 0.4) is 0 Å². The number of sulfone groups is 1. The van der Waals surface area contributed by atoms with E-state index in [-0.39, 0.29) is 11.7 Å². The Balaban J connectivity index is 1.54. The minimum Gasteiger partial charge on any atom is -0.351 e. The number of hydrogen-bond acceptors (Lipinski definition) is 4. The van der Waals surface area contributed by atoms with Crippen LogP contribution in [-0.2, 0) is 22.0 Å². The summed E-state index contributed by atoms with van der Waals surface area (Å²) in [5, 5.41) is 2.97. The van der Waals surface area contributed by atoms with Gasteiger partial charge in [0.05, 0.1) is 15.5 Å². The molecule has 0 saturated heterocycles. The maximum atomic E-state index is 12.7. The summed E-state index contributed by atoms with van der Waals surface area (Å²) in [5.41, 5.74) is 5.00. The maximum Gasteiger partial charge on any atom is 0.261 e. The molecule has 0 unspecified atom stereocenters. The summed E-state index contributed by atoms with van der Waals surface area (Å²) in [5.74, 6) is -0.230. The second-order valence-electron chi connectivity index (χ2n) is 7.30. The highest BCUT2D eigenvalue weighted by molar-refractivity contribution is 9.10. The Labute approximate surface area is 183 Å². The molecule has 4 rings (SSSR count). The molecule has 0 atom stereocenters. The second-order valence-corrected chi connectivity index (χ2v) is 11.2. The van der Waals surface area contributed by atoms with E-state index in [1.807, 2.05) is 6.07 Å². The summed E-state index contributed by atoms with van der Waals surface area (Å²) in [4.78, 5) is 14.4. The number of carbonyl (C=O) groups excluding carboxylic acids is 1. The predicted octanol–water partition coefficient (Wildman–Crippen LogP) is 5.05. The summed E-state index contributed by atoms with van der Waals surface area (Å²) in [6.45, 7) is 4.66. The third-order valence-electron chi connectivity index (χ3n) is 5.08. The van der Waals surface area contributed by atoms with E-state index >= 15 is 0 Å². The fourth-order valence-corrected chi connectivity index (χ4v) is 6.78. The zero-order valence-electron chi connectivity index (χ0n) is 16.1. The molecule has 29 heavy (non-hydrogen) atoms. The molecular weight excluding hydrogens is 470 g/mol. The number of nitrogens with one attached hydrogen (secondary N) is 1. The molecule has 1 aliphatic rings. The molecule has 0 fully saturated rings. The number of aryl methyl sites for hydroxylation is 2. The third-order valence-corrected chi connectivity index (χ3v) is 8.50. The standard InChI is InChI=1S/C22H20BrNO3S2/c1-13-3-4-14(2)15(9-13)7-8-24-22(25)19-10-16-12-29(26,27)20-6-5-17(23)11-18(20)21(16)28-19/h3-6,9-11H,7-8,12H2,1-2H3,(H,24,25). The van der Waals surface area contributed by atoms with Crippen LogP contribution >= 0.6 is 27.3 Å². The highest BCUT2D eigenvalue weighted by Crippen LogP contribution is 2.43. The molecule has 2 aromatic carbocycles. The Bertz CT molecular complexity index is 1230. The summed E-state index contributed by atoms with van der Waals surface area (Å²) in [6.07, 6.45) is 0.758. The van der Waals surface area contributed by atoms with Crippen molar-refractivity contribution in [2.75, 3.05) is 6.54 Å². The van der Waals surface area contributed by atoms with Crippen molar-refractivity contribution in [2.45, 2.75) is 30.9 Å². The molecule has 2 heterocycles. The van der Waals surface area contributed by atoms with Gasteiger partial charge < -0.3 is 5.32 Å². The van der Waals surface area contributed by atoms with E-state index in [1.54, 1.807) is 18.2 Å². The van der Waals surface area contributed by atoms with Crippen molar-refractivity contribution < 1.29 is 13.2 Å². The Morgan fingerprint density at radius 1 is 1.14 bits per heavy atom. The van der Waals surface area contributed by atoms with Gasteiger partial charge in [-0.3, -0.25) is 4.79 Å². The van der Waals surface area contributed by atoms with Crippen molar-refractivity contribution in [3.8, 4) is 10.4 Å². The number of thiophene rings is 1. The number of benzene rings is 2. The molecule has 1 amide bonds. The van der Waals surface area contributed by atoms with Gasteiger partial charge in [0, 0.05) is 21.5 Å². The van der Waals surface area contributed by atoms with E-state index in [1.165, 1.54) is 28.0 Å². The fraction of sp³-hybridized carbons (Fsp3) is 0.227. The minimum absolute atomic E-state index is 0.0662. The maximum absolute atomic E-state index is 12.7. The number of halogens is 1. The van der Waals surface area contributed by atoms with E-state index in [0.29, 0.717) is 27.4 Å². The minimum atomic E-state index is -3.39. The van der Waals surface area contributed by atoms with Gasteiger partial charge in [-0.05, 0) is 61.2 Å². The van der Waals surface area contributed by atoms with Crippen molar-refractivity contribution in [2.24, 2.45) is 0 Å². The Morgan fingerprint density at radius 2 is 1.93 bits per heavy atom. The molecule has 7 heteroatoms. The van der Waals surface area contributed by atoms with E-state index in [4.69, 9.17) is 0 Å². The second kappa shape index (κ2) is 7.70. The first-order chi connectivity index (χ1) is 13.7. The molecule has 4 nitrogen and oxygen atoms in total. The smallest absolute Gasteiger partial charge is 0.261 e. The van der Waals surface area contributed by atoms with Crippen LogP contribution in [0.1, 0.15) is 31.9 Å². The van der Waals surface area contributed by atoms with Crippen LogP contribution in [0.15, 0.2) is 51.8 Å². The van der Waals surface area contributed by atoms with Gasteiger partial charge in [-0.25, -0.2) is 8.42 Å². The monoisotopic (exact) mass is 489 g/mol. The fourth-order valence-electron chi connectivity index (χ4n) is 3.58. The van der Waals surface area contributed by atoms with E-state index in [9.17, 15) is 13.2 Å². The lowest BCUT2D eigenvalue weighted by Gasteiger charge is -2.16. The van der Waals surface area contributed by atoms with Gasteiger partial charge in [-0.15, -0.1) is 11.3 Å². The summed E-state index contributed by atoms with van der Waals surface area (Å²) in [6, 6.07) is 13.2. The SMILES string of the molecule is Cc1ccc(C)c(CCNC(=O)c2cc3c(s2)-c2cc(Br)ccc2S(=O)(=O)C3)c1. The molecule has 0 aliphatic carbocycles. The number of amides is 1. The average molecular weight is 490 g/mol. The van der Waals surface area contributed by atoms with Gasteiger partial charge in [-0.1, -0.05) is 39.7 Å². The molecule has 1 aliphatic heterocycles. The lowest BCUT2D eigenvalue weighted by molar-refractivity contribution is 0.0958. The van der Waals surface area contributed by atoms with Crippen LogP contribution in [0.4, 0.5) is 0 Å². The molecule has 3 aromatic rings. The summed E-state index contributed by atoms with van der Waals surface area (Å²) in [7, 11) is -3.39. The van der Waals surface area contributed by atoms with Gasteiger partial charge in [0.1, 0.15) is 0 Å². The molecule has 0 spiro atoms. The summed E-state index contributed by atoms with van der Waals surface area (Å²) >= 11 is 4.76. The van der Waals surface area contributed by atoms with E-state index in [0.717, 1.165) is 15.8 Å². The molecule has 1 N–H and O–H groups in total. The number of hydrogen-bond donors (Lipinski definition) is 1. The van der Waals surface area contributed by atoms with Crippen molar-refractivity contribution in [3.63, 3.8) is 0 Å². The van der Waals surface area contributed by atoms with Crippen molar-refractivity contribution in [1.29, 1.82) is 0 Å². The topological polar surface area (TPSA) is 63.2 Å². The van der Waals surface area contributed by atoms with Gasteiger partial charge in [0.25, 0.3) is 5.91 Å².